The zero-order chi connectivity index (χ0) is 11.5. The van der Waals surface area contributed by atoms with Crippen molar-refractivity contribution in [3.63, 3.8) is 0 Å². The Hall–Kier alpha value is -0.560. The lowest BCUT2D eigenvalue weighted by molar-refractivity contribution is 0.416. The highest BCUT2D eigenvalue weighted by molar-refractivity contribution is 6.20. The Kier molecular flexibility index (Phi) is 3.86. The summed E-state index contributed by atoms with van der Waals surface area (Å²) in [4.78, 5) is 4.53. The number of hydrogen-bond acceptors (Lipinski definition) is 1. The standard InChI is InChI=1S/C14H20ClN/c1-3-11-4-6-13(16-9-11)8-12-5-7-14(15)10(12)2/h4,6,9-10,12,14H,3,5,7-8H2,1-2H3. The molecule has 0 bridgehead atoms. The van der Waals surface area contributed by atoms with Gasteiger partial charge < -0.3 is 0 Å². The third-order valence-electron chi connectivity index (χ3n) is 3.89. The van der Waals surface area contributed by atoms with Gasteiger partial charge in [0, 0.05) is 17.3 Å². The summed E-state index contributed by atoms with van der Waals surface area (Å²) in [5.41, 5.74) is 2.54. The van der Waals surface area contributed by atoms with Crippen molar-refractivity contribution in [1.82, 2.24) is 4.98 Å². The van der Waals surface area contributed by atoms with E-state index in [1.807, 2.05) is 6.20 Å². The summed E-state index contributed by atoms with van der Waals surface area (Å²) in [7, 11) is 0. The number of aromatic nitrogens is 1. The molecule has 2 rings (SSSR count). The van der Waals surface area contributed by atoms with E-state index in [0.717, 1.165) is 18.8 Å². The molecule has 1 fully saturated rings. The van der Waals surface area contributed by atoms with Crippen LogP contribution in [0.4, 0.5) is 0 Å². The van der Waals surface area contributed by atoms with E-state index < -0.39 is 0 Å². The molecule has 1 nitrogen and oxygen atoms in total. The van der Waals surface area contributed by atoms with Crippen LogP contribution in [-0.2, 0) is 12.8 Å². The summed E-state index contributed by atoms with van der Waals surface area (Å²) in [5.74, 6) is 1.36. The third kappa shape index (κ3) is 2.57. The van der Waals surface area contributed by atoms with Crippen molar-refractivity contribution < 1.29 is 0 Å². The Balaban J connectivity index is 1.98. The quantitative estimate of drug-likeness (QED) is 0.728. The summed E-state index contributed by atoms with van der Waals surface area (Å²) in [6.45, 7) is 4.43. The largest absolute Gasteiger partial charge is 0.261 e. The minimum atomic E-state index is 0.375. The zero-order valence-electron chi connectivity index (χ0n) is 10.1. The molecule has 0 saturated heterocycles. The van der Waals surface area contributed by atoms with Gasteiger partial charge in [-0.15, -0.1) is 11.6 Å². The Morgan fingerprint density at radius 1 is 1.38 bits per heavy atom. The van der Waals surface area contributed by atoms with Gasteiger partial charge in [0.15, 0.2) is 0 Å². The fourth-order valence-corrected chi connectivity index (χ4v) is 2.87. The molecular formula is C14H20ClN. The molecule has 3 atom stereocenters. The van der Waals surface area contributed by atoms with Crippen LogP contribution in [-0.4, -0.2) is 10.4 Å². The van der Waals surface area contributed by atoms with Crippen molar-refractivity contribution in [2.45, 2.75) is 44.9 Å². The highest BCUT2D eigenvalue weighted by Gasteiger charge is 2.31. The molecule has 2 heteroatoms. The molecule has 1 aromatic heterocycles. The van der Waals surface area contributed by atoms with Crippen LogP contribution >= 0.6 is 11.6 Å². The molecule has 0 spiro atoms. The van der Waals surface area contributed by atoms with Gasteiger partial charge >= 0.3 is 0 Å². The van der Waals surface area contributed by atoms with Crippen molar-refractivity contribution in [1.29, 1.82) is 0 Å². The third-order valence-corrected chi connectivity index (χ3v) is 4.51. The minimum Gasteiger partial charge on any atom is -0.261 e. The van der Waals surface area contributed by atoms with Crippen molar-refractivity contribution in [3.05, 3.63) is 29.6 Å². The van der Waals surface area contributed by atoms with Gasteiger partial charge in [0.1, 0.15) is 0 Å². The van der Waals surface area contributed by atoms with Crippen molar-refractivity contribution in [2.24, 2.45) is 11.8 Å². The lowest BCUT2D eigenvalue weighted by Gasteiger charge is -2.16. The highest BCUT2D eigenvalue weighted by atomic mass is 35.5. The summed E-state index contributed by atoms with van der Waals surface area (Å²) >= 11 is 6.25. The second-order valence-corrected chi connectivity index (χ2v) is 5.49. The minimum absolute atomic E-state index is 0.375. The molecule has 1 aliphatic rings. The fourth-order valence-electron chi connectivity index (χ4n) is 2.54. The van der Waals surface area contributed by atoms with Gasteiger partial charge in [-0.1, -0.05) is 19.9 Å². The highest BCUT2D eigenvalue weighted by Crippen LogP contribution is 2.37. The van der Waals surface area contributed by atoms with Crippen LogP contribution in [0.1, 0.15) is 37.9 Å². The number of hydrogen-bond donors (Lipinski definition) is 0. The van der Waals surface area contributed by atoms with Gasteiger partial charge in [-0.3, -0.25) is 4.98 Å². The number of aryl methyl sites for hydroxylation is 1. The van der Waals surface area contributed by atoms with Gasteiger partial charge in [0.05, 0.1) is 0 Å². The Bertz CT molecular complexity index is 333. The molecule has 0 N–H and O–H groups in total. The molecule has 1 saturated carbocycles. The maximum absolute atomic E-state index is 6.25. The van der Waals surface area contributed by atoms with E-state index in [2.05, 4.69) is 31.0 Å². The van der Waals surface area contributed by atoms with Crippen LogP contribution in [0.5, 0.6) is 0 Å². The van der Waals surface area contributed by atoms with E-state index in [1.54, 1.807) is 0 Å². The van der Waals surface area contributed by atoms with E-state index >= 15 is 0 Å². The molecule has 1 heterocycles. The zero-order valence-corrected chi connectivity index (χ0v) is 10.9. The number of alkyl halides is 1. The number of rotatable bonds is 3. The maximum Gasteiger partial charge on any atom is 0.0406 e. The van der Waals surface area contributed by atoms with Crippen LogP contribution in [0, 0.1) is 11.8 Å². The van der Waals surface area contributed by atoms with Gasteiger partial charge in [-0.25, -0.2) is 0 Å². The Morgan fingerprint density at radius 3 is 2.69 bits per heavy atom. The molecule has 0 amide bonds. The smallest absolute Gasteiger partial charge is 0.0406 e. The maximum atomic E-state index is 6.25. The Morgan fingerprint density at radius 2 is 2.19 bits per heavy atom. The van der Waals surface area contributed by atoms with Crippen molar-refractivity contribution in [3.8, 4) is 0 Å². The van der Waals surface area contributed by atoms with Crippen molar-refractivity contribution >= 4 is 11.6 Å². The Labute approximate surface area is 103 Å². The fraction of sp³-hybridized carbons (Fsp3) is 0.643. The first kappa shape index (κ1) is 11.9. The predicted octanol–water partition coefficient (Wildman–Crippen LogP) is 3.84. The monoisotopic (exact) mass is 237 g/mol. The van der Waals surface area contributed by atoms with Gasteiger partial charge in [0.25, 0.3) is 0 Å². The van der Waals surface area contributed by atoms with E-state index in [4.69, 9.17) is 11.6 Å². The molecule has 0 radical (unpaired) electrons. The SMILES string of the molecule is CCc1ccc(CC2CCC(Cl)C2C)nc1. The number of pyridine rings is 1. The summed E-state index contributed by atoms with van der Waals surface area (Å²) in [6.07, 6.45) is 6.59. The molecule has 0 aromatic carbocycles. The van der Waals surface area contributed by atoms with Crippen LogP contribution in [0.25, 0.3) is 0 Å². The first-order valence-electron chi connectivity index (χ1n) is 6.28. The molecule has 16 heavy (non-hydrogen) atoms. The van der Waals surface area contributed by atoms with Crippen LogP contribution in [0.3, 0.4) is 0 Å². The van der Waals surface area contributed by atoms with Crippen LogP contribution < -0.4 is 0 Å². The van der Waals surface area contributed by atoms with E-state index in [0.29, 0.717) is 11.3 Å². The number of nitrogens with zero attached hydrogens (tertiary/aromatic N) is 1. The number of halogens is 1. The average molecular weight is 238 g/mol. The summed E-state index contributed by atoms with van der Waals surface area (Å²) in [6, 6.07) is 4.37. The second-order valence-electron chi connectivity index (χ2n) is 4.93. The van der Waals surface area contributed by atoms with Gasteiger partial charge in [-0.2, -0.15) is 0 Å². The first-order valence-corrected chi connectivity index (χ1v) is 6.72. The predicted molar refractivity (Wildman–Crippen MR) is 68.8 cm³/mol. The van der Waals surface area contributed by atoms with Crippen LogP contribution in [0.2, 0.25) is 0 Å². The first-order chi connectivity index (χ1) is 7.70. The molecule has 0 aliphatic heterocycles. The van der Waals surface area contributed by atoms with Crippen molar-refractivity contribution in [2.75, 3.05) is 0 Å². The van der Waals surface area contributed by atoms with Crippen LogP contribution in [0.15, 0.2) is 18.3 Å². The molecular weight excluding hydrogens is 218 g/mol. The lowest BCUT2D eigenvalue weighted by atomic mass is 9.93. The van der Waals surface area contributed by atoms with Gasteiger partial charge in [0.2, 0.25) is 0 Å². The molecule has 1 aliphatic carbocycles. The summed E-state index contributed by atoms with van der Waals surface area (Å²) < 4.78 is 0. The van der Waals surface area contributed by atoms with E-state index in [1.165, 1.54) is 24.1 Å². The second kappa shape index (κ2) is 5.18. The van der Waals surface area contributed by atoms with E-state index in [9.17, 15) is 0 Å². The molecule has 3 unspecified atom stereocenters. The lowest BCUT2D eigenvalue weighted by Crippen LogP contribution is -2.13. The molecule has 1 aromatic rings. The normalized spacial score (nSPS) is 29.6. The van der Waals surface area contributed by atoms with E-state index in [-0.39, 0.29) is 0 Å². The topological polar surface area (TPSA) is 12.9 Å². The average Bonchev–Trinajstić information content (AvgIpc) is 2.62. The summed E-state index contributed by atoms with van der Waals surface area (Å²) in [5, 5.41) is 0.375. The molecule has 88 valence electrons. The van der Waals surface area contributed by atoms with Gasteiger partial charge in [-0.05, 0) is 49.1 Å².